The van der Waals surface area contributed by atoms with E-state index in [2.05, 4.69) is 93.5 Å². The van der Waals surface area contributed by atoms with Gasteiger partial charge in [0.05, 0.1) is 0 Å². The summed E-state index contributed by atoms with van der Waals surface area (Å²) in [5.74, 6) is 0. The van der Waals surface area contributed by atoms with Crippen LogP contribution in [0.25, 0.3) is 21.5 Å². The fourth-order valence-corrected chi connectivity index (χ4v) is 2.61. The molecule has 0 aliphatic rings. The Labute approximate surface area is 200 Å². The van der Waals surface area contributed by atoms with Crippen molar-refractivity contribution in [3.63, 3.8) is 0 Å². The van der Waals surface area contributed by atoms with Gasteiger partial charge in [-0.15, -0.1) is 106 Å². The molecule has 0 heterocycles. The van der Waals surface area contributed by atoms with Crippen molar-refractivity contribution in [3.05, 3.63) is 97.8 Å². The molecule has 4 heteroatoms. The van der Waals surface area contributed by atoms with Crippen LogP contribution < -0.4 is 0 Å². The molecule has 0 saturated heterocycles. The van der Waals surface area contributed by atoms with Gasteiger partial charge in [-0.1, -0.05) is 26.0 Å². The van der Waals surface area contributed by atoms with Crippen LogP contribution in [0.4, 0.5) is 0 Å². The van der Waals surface area contributed by atoms with E-state index in [0.717, 1.165) is 0 Å². The second-order valence-corrected chi connectivity index (χ2v) is 5.90. The molecule has 0 spiro atoms. The molecule has 0 N–H and O–H groups in total. The Morgan fingerprint density at radius 3 is 1.29 bits per heavy atom. The summed E-state index contributed by atoms with van der Waals surface area (Å²) < 4.78 is 0. The first kappa shape index (κ1) is 32.0. The van der Waals surface area contributed by atoms with Gasteiger partial charge in [-0.3, -0.25) is 0 Å². The molecule has 0 aliphatic carbocycles. The molecule has 28 heavy (non-hydrogen) atoms. The Kier molecular flexibility index (Phi) is 21.0. The van der Waals surface area contributed by atoms with Crippen LogP contribution in [0, 0.1) is 27.7 Å². The van der Waals surface area contributed by atoms with Crippen molar-refractivity contribution in [2.24, 2.45) is 0 Å². The van der Waals surface area contributed by atoms with Crippen LogP contribution >= 0.6 is 24.8 Å². The van der Waals surface area contributed by atoms with E-state index in [0.29, 0.717) is 0 Å². The zero-order chi connectivity index (χ0) is 18.7. The molecule has 152 valence electrons. The summed E-state index contributed by atoms with van der Waals surface area (Å²) in [5, 5.41) is 5.39. The fourth-order valence-electron chi connectivity index (χ4n) is 2.61. The van der Waals surface area contributed by atoms with Crippen molar-refractivity contribution in [1.29, 1.82) is 0 Å². The molecule has 4 aromatic carbocycles. The standard InChI is InChI=1S/2C10H9.C3H7.CH3.2ClH.Si.Zr/c2*1-8-6-9-4-2-3-5-10(9)7-8;1-3-2;;;;;/h2*2-7H,1H3;3H,1-2H3;1H3;2*1H;;/q4*-1;;;;. The molecule has 0 fully saturated rings. The van der Waals surface area contributed by atoms with Crippen LogP contribution in [0.3, 0.4) is 0 Å². The molecule has 0 unspecified atom stereocenters. The van der Waals surface area contributed by atoms with Crippen molar-refractivity contribution in [1.82, 2.24) is 0 Å². The fraction of sp³-hybridized carbons (Fsp3) is 0.167. The van der Waals surface area contributed by atoms with Crippen molar-refractivity contribution in [2.45, 2.75) is 27.7 Å². The third-order valence-electron chi connectivity index (χ3n) is 3.52. The molecular formula is C24H30Cl2SiZr-4. The van der Waals surface area contributed by atoms with Gasteiger partial charge in [0.2, 0.25) is 0 Å². The third-order valence-corrected chi connectivity index (χ3v) is 3.52. The van der Waals surface area contributed by atoms with E-state index in [1.807, 2.05) is 20.3 Å². The van der Waals surface area contributed by atoms with Crippen molar-refractivity contribution >= 4 is 53.2 Å². The molecule has 0 aromatic heterocycles. The van der Waals surface area contributed by atoms with Gasteiger partial charge >= 0.3 is 30.2 Å². The van der Waals surface area contributed by atoms with Crippen molar-refractivity contribution < 1.29 is 23.3 Å². The zero-order valence-electron chi connectivity index (χ0n) is 17.3. The molecule has 0 amide bonds. The third kappa shape index (κ3) is 10.8. The number of fused-ring (bicyclic) bond motifs is 2. The molecule has 0 saturated carbocycles. The van der Waals surface area contributed by atoms with Gasteiger partial charge in [0.1, 0.15) is 0 Å². The Morgan fingerprint density at radius 2 is 1.00 bits per heavy atom. The zero-order valence-corrected chi connectivity index (χ0v) is 22.4. The Morgan fingerprint density at radius 1 is 0.714 bits per heavy atom. The maximum atomic E-state index is 3.06. The molecule has 0 atom stereocenters. The van der Waals surface area contributed by atoms with Crippen molar-refractivity contribution in [3.8, 4) is 0 Å². The summed E-state index contributed by atoms with van der Waals surface area (Å²) in [6, 6.07) is 25.7. The number of hydrogen-bond donors (Lipinski definition) is 0. The van der Waals surface area contributed by atoms with E-state index < -0.39 is 0 Å². The van der Waals surface area contributed by atoms with Gasteiger partial charge in [0.25, 0.3) is 0 Å². The summed E-state index contributed by atoms with van der Waals surface area (Å²) >= 11 is 1.36. The quantitative estimate of drug-likeness (QED) is 0.167. The van der Waals surface area contributed by atoms with Gasteiger partial charge in [0, 0.05) is 0 Å². The predicted octanol–water partition coefficient (Wildman–Crippen LogP) is 7.88. The van der Waals surface area contributed by atoms with E-state index in [4.69, 9.17) is 0 Å². The predicted molar refractivity (Wildman–Crippen MR) is 131 cm³/mol. The van der Waals surface area contributed by atoms with Crippen LogP contribution in [-0.2, 0) is 23.3 Å². The van der Waals surface area contributed by atoms with Crippen LogP contribution in [0.5, 0.6) is 0 Å². The first-order chi connectivity index (χ1) is 12.1. The minimum atomic E-state index is 0. The molecule has 0 bridgehead atoms. The summed E-state index contributed by atoms with van der Waals surface area (Å²) in [5.41, 5.74) is 2.70. The van der Waals surface area contributed by atoms with E-state index in [1.165, 1.54) is 56.0 Å². The number of hydrogen-bond acceptors (Lipinski definition) is 0. The first-order valence-corrected chi connectivity index (χ1v) is 12.6. The van der Waals surface area contributed by atoms with E-state index in [9.17, 15) is 0 Å². The molecule has 0 nitrogen and oxygen atoms in total. The minimum absolute atomic E-state index is 0. The van der Waals surface area contributed by atoms with E-state index in [-0.39, 0.29) is 32.2 Å². The molecule has 4 aromatic rings. The maximum absolute atomic E-state index is 3.06. The van der Waals surface area contributed by atoms with E-state index in [1.54, 1.807) is 0 Å². The number of rotatable bonds is 0. The van der Waals surface area contributed by atoms with Crippen molar-refractivity contribution in [2.75, 3.05) is 0 Å². The summed E-state index contributed by atoms with van der Waals surface area (Å²) in [4.78, 5) is 0. The van der Waals surface area contributed by atoms with Crippen LogP contribution in [0.1, 0.15) is 25.0 Å². The SMILES string of the molecule is C[CH-]C.Cc1cc2ccccc2[cH-]1.Cc1cc2ccccc2[cH-]1.Cl.Cl.[CH3-].[Si]=[Zr]. The van der Waals surface area contributed by atoms with Gasteiger partial charge in [-0.2, -0.15) is 26.0 Å². The van der Waals surface area contributed by atoms with Crippen LogP contribution in [-0.4, -0.2) is 6.88 Å². The number of benzene rings is 2. The number of halogens is 2. The summed E-state index contributed by atoms with van der Waals surface area (Å²) in [7, 11) is 0. The normalized spacial score (nSPS) is 8.25. The number of aryl methyl sites for hydroxylation is 2. The van der Waals surface area contributed by atoms with Gasteiger partial charge in [0.15, 0.2) is 0 Å². The molecule has 2 radical (unpaired) electrons. The van der Waals surface area contributed by atoms with Crippen LogP contribution in [0.2, 0.25) is 0 Å². The average molecular weight is 509 g/mol. The Bertz CT molecular complexity index is 742. The molecule has 0 aliphatic heterocycles. The topological polar surface area (TPSA) is 0 Å². The summed E-state index contributed by atoms with van der Waals surface area (Å²) in [6.07, 6.45) is 2.00. The first-order valence-electron chi connectivity index (χ1n) is 8.37. The second kappa shape index (κ2) is 18.4. The monoisotopic (exact) mass is 506 g/mol. The Balaban J connectivity index is -0.000000335. The van der Waals surface area contributed by atoms with Gasteiger partial charge in [-0.05, 0) is 0 Å². The van der Waals surface area contributed by atoms with Gasteiger partial charge in [-0.25, -0.2) is 0 Å². The van der Waals surface area contributed by atoms with Crippen LogP contribution in [0.15, 0.2) is 72.8 Å². The Hall–Kier alpha value is -0.660. The average Bonchev–Trinajstić information content (AvgIpc) is 3.18. The summed E-state index contributed by atoms with van der Waals surface area (Å²) in [6.45, 7) is 11.3. The molecule has 4 rings (SSSR count). The second-order valence-electron chi connectivity index (χ2n) is 5.90. The van der Waals surface area contributed by atoms with E-state index >= 15 is 0 Å². The van der Waals surface area contributed by atoms with Gasteiger partial charge < -0.3 is 13.8 Å². The molecular weight excluding hydrogens is 478 g/mol.